The number of carbonyl (C=O) groups is 1. The number of amidine groups is 1. The van der Waals surface area contributed by atoms with Gasteiger partial charge in [0.15, 0.2) is 17.8 Å². The SMILES string of the molecule is COC1=CC=CN2C1=NC=C(C(=O)O)[C@H]2O. The second kappa shape index (κ2) is 3.82. The Morgan fingerprint density at radius 1 is 1.62 bits per heavy atom. The fourth-order valence-corrected chi connectivity index (χ4v) is 1.50. The number of hydrogen-bond acceptors (Lipinski definition) is 5. The number of aliphatic hydroxyl groups is 1. The Morgan fingerprint density at radius 2 is 2.38 bits per heavy atom. The molecule has 2 aliphatic heterocycles. The highest BCUT2D eigenvalue weighted by atomic mass is 16.5. The predicted octanol–water partition coefficient (Wildman–Crippen LogP) is 0.0450. The van der Waals surface area contributed by atoms with Gasteiger partial charge in [-0.2, -0.15) is 0 Å². The van der Waals surface area contributed by atoms with E-state index in [-0.39, 0.29) is 5.57 Å². The van der Waals surface area contributed by atoms with Crippen LogP contribution >= 0.6 is 0 Å². The molecule has 0 fully saturated rings. The van der Waals surface area contributed by atoms with Crippen LogP contribution in [0.4, 0.5) is 0 Å². The van der Waals surface area contributed by atoms with Crippen molar-refractivity contribution in [3.63, 3.8) is 0 Å². The summed E-state index contributed by atoms with van der Waals surface area (Å²) in [4.78, 5) is 16.1. The van der Waals surface area contributed by atoms with E-state index in [0.717, 1.165) is 6.20 Å². The first kappa shape index (κ1) is 10.4. The number of rotatable bonds is 2. The molecule has 0 aromatic heterocycles. The van der Waals surface area contributed by atoms with E-state index in [9.17, 15) is 9.90 Å². The quantitative estimate of drug-likeness (QED) is 0.689. The van der Waals surface area contributed by atoms with E-state index in [1.165, 1.54) is 12.0 Å². The standard InChI is InChI=1S/C10H10N2O4/c1-16-7-3-2-4-12-8(7)11-5-6(9(12)13)10(14)15/h2-5,9,13H,1H3,(H,14,15)/t9-/m1/s1. The molecule has 16 heavy (non-hydrogen) atoms. The fourth-order valence-electron chi connectivity index (χ4n) is 1.50. The average Bonchev–Trinajstić information content (AvgIpc) is 2.28. The first-order chi connectivity index (χ1) is 7.65. The lowest BCUT2D eigenvalue weighted by molar-refractivity contribution is -0.134. The van der Waals surface area contributed by atoms with Crippen LogP contribution < -0.4 is 0 Å². The maximum absolute atomic E-state index is 10.8. The number of carboxylic acids is 1. The van der Waals surface area contributed by atoms with Crippen molar-refractivity contribution in [3.05, 3.63) is 35.9 Å². The molecule has 84 valence electrons. The number of allylic oxidation sites excluding steroid dienone is 2. The summed E-state index contributed by atoms with van der Waals surface area (Å²) >= 11 is 0. The van der Waals surface area contributed by atoms with E-state index >= 15 is 0 Å². The van der Waals surface area contributed by atoms with Crippen LogP contribution in [0.2, 0.25) is 0 Å². The van der Waals surface area contributed by atoms with Crippen molar-refractivity contribution in [3.8, 4) is 0 Å². The Labute approximate surface area is 91.5 Å². The molecule has 0 unspecified atom stereocenters. The highest BCUT2D eigenvalue weighted by molar-refractivity contribution is 6.01. The second-order valence-corrected chi connectivity index (χ2v) is 3.20. The normalized spacial score (nSPS) is 23.0. The van der Waals surface area contributed by atoms with Crippen molar-refractivity contribution in [2.24, 2.45) is 4.99 Å². The van der Waals surface area contributed by atoms with Crippen LogP contribution in [-0.4, -0.2) is 40.3 Å². The van der Waals surface area contributed by atoms with Crippen LogP contribution in [0.3, 0.4) is 0 Å². The molecule has 6 nitrogen and oxygen atoms in total. The third-order valence-electron chi connectivity index (χ3n) is 2.29. The number of aliphatic hydroxyl groups excluding tert-OH is 1. The van der Waals surface area contributed by atoms with Gasteiger partial charge in [-0.3, -0.25) is 4.90 Å². The van der Waals surface area contributed by atoms with Crippen LogP contribution in [0, 0.1) is 0 Å². The highest BCUT2D eigenvalue weighted by Crippen LogP contribution is 2.22. The minimum atomic E-state index is -1.25. The van der Waals surface area contributed by atoms with Gasteiger partial charge in [-0.05, 0) is 12.2 Å². The van der Waals surface area contributed by atoms with Crippen LogP contribution in [0.1, 0.15) is 0 Å². The molecule has 0 spiro atoms. The zero-order chi connectivity index (χ0) is 11.7. The largest absolute Gasteiger partial charge is 0.493 e. The first-order valence-corrected chi connectivity index (χ1v) is 4.55. The van der Waals surface area contributed by atoms with Crippen molar-refractivity contribution in [1.82, 2.24) is 4.90 Å². The molecule has 2 heterocycles. The van der Waals surface area contributed by atoms with Crippen molar-refractivity contribution >= 4 is 11.8 Å². The summed E-state index contributed by atoms with van der Waals surface area (Å²) in [5, 5.41) is 18.6. The summed E-state index contributed by atoms with van der Waals surface area (Å²) in [6.07, 6.45) is 4.75. The molecule has 0 bridgehead atoms. The van der Waals surface area contributed by atoms with E-state index in [1.807, 2.05) is 0 Å². The fraction of sp³-hybridized carbons (Fsp3) is 0.200. The van der Waals surface area contributed by atoms with Gasteiger partial charge < -0.3 is 14.9 Å². The number of fused-ring (bicyclic) bond motifs is 1. The predicted molar refractivity (Wildman–Crippen MR) is 55.2 cm³/mol. The van der Waals surface area contributed by atoms with E-state index in [0.29, 0.717) is 11.6 Å². The molecule has 2 rings (SSSR count). The van der Waals surface area contributed by atoms with Gasteiger partial charge in [-0.25, -0.2) is 9.79 Å². The van der Waals surface area contributed by atoms with Crippen LogP contribution in [0.15, 0.2) is 40.9 Å². The maximum Gasteiger partial charge on any atom is 0.337 e. The molecule has 0 saturated heterocycles. The molecule has 2 N–H and O–H groups in total. The Kier molecular flexibility index (Phi) is 2.49. The van der Waals surface area contributed by atoms with E-state index < -0.39 is 12.2 Å². The minimum absolute atomic E-state index is 0.175. The van der Waals surface area contributed by atoms with Crippen molar-refractivity contribution in [1.29, 1.82) is 0 Å². The molecule has 0 radical (unpaired) electrons. The van der Waals surface area contributed by atoms with Gasteiger partial charge in [0.2, 0.25) is 0 Å². The molecule has 0 aliphatic carbocycles. The Hall–Kier alpha value is -2.08. The summed E-state index contributed by atoms with van der Waals surface area (Å²) < 4.78 is 5.05. The lowest BCUT2D eigenvalue weighted by atomic mass is 10.1. The summed E-state index contributed by atoms with van der Waals surface area (Å²) in [5.41, 5.74) is -0.175. The third-order valence-corrected chi connectivity index (χ3v) is 2.29. The lowest BCUT2D eigenvalue weighted by Crippen LogP contribution is -2.43. The molecular formula is C10H10N2O4. The monoisotopic (exact) mass is 222 g/mol. The van der Waals surface area contributed by atoms with Crippen molar-refractivity contribution in [2.75, 3.05) is 7.11 Å². The van der Waals surface area contributed by atoms with Gasteiger partial charge in [0.1, 0.15) is 5.57 Å². The average molecular weight is 222 g/mol. The summed E-state index contributed by atoms with van der Waals surface area (Å²) in [7, 11) is 1.48. The second-order valence-electron chi connectivity index (χ2n) is 3.20. The molecule has 0 aromatic carbocycles. The highest BCUT2D eigenvalue weighted by Gasteiger charge is 2.32. The Balaban J connectivity index is 2.42. The van der Waals surface area contributed by atoms with E-state index in [4.69, 9.17) is 9.84 Å². The zero-order valence-corrected chi connectivity index (χ0v) is 8.49. The third kappa shape index (κ3) is 1.49. The van der Waals surface area contributed by atoms with Gasteiger partial charge >= 0.3 is 5.97 Å². The van der Waals surface area contributed by atoms with E-state index in [2.05, 4.69) is 4.99 Å². The molecule has 1 atom stereocenters. The van der Waals surface area contributed by atoms with Gasteiger partial charge in [0, 0.05) is 12.4 Å². The zero-order valence-electron chi connectivity index (χ0n) is 8.49. The van der Waals surface area contributed by atoms with Gasteiger partial charge in [-0.1, -0.05) is 0 Å². The summed E-state index contributed by atoms with van der Waals surface area (Å²) in [6.45, 7) is 0. The Bertz CT molecular complexity index is 448. The van der Waals surface area contributed by atoms with Crippen LogP contribution in [-0.2, 0) is 9.53 Å². The molecular weight excluding hydrogens is 212 g/mol. The summed E-state index contributed by atoms with van der Waals surface area (Å²) in [5.74, 6) is -0.332. The lowest BCUT2D eigenvalue weighted by Gasteiger charge is -2.32. The Morgan fingerprint density at radius 3 is 3.00 bits per heavy atom. The number of aliphatic carboxylic acids is 1. The topological polar surface area (TPSA) is 82.4 Å². The number of hydrogen-bond donors (Lipinski definition) is 2. The number of ether oxygens (including phenoxy) is 1. The minimum Gasteiger partial charge on any atom is -0.493 e. The van der Waals surface area contributed by atoms with Crippen molar-refractivity contribution in [2.45, 2.75) is 6.23 Å². The molecule has 0 saturated carbocycles. The molecule has 0 amide bonds. The van der Waals surface area contributed by atoms with Crippen LogP contribution in [0.25, 0.3) is 0 Å². The van der Waals surface area contributed by atoms with E-state index in [1.54, 1.807) is 18.4 Å². The molecule has 2 aliphatic rings. The number of methoxy groups -OCH3 is 1. The van der Waals surface area contributed by atoms with Gasteiger partial charge in [0.25, 0.3) is 0 Å². The number of nitrogens with zero attached hydrogens (tertiary/aromatic N) is 2. The summed E-state index contributed by atoms with van der Waals surface area (Å²) in [6, 6.07) is 0. The van der Waals surface area contributed by atoms with Gasteiger partial charge in [0.05, 0.1) is 7.11 Å². The molecule has 0 aromatic rings. The smallest absolute Gasteiger partial charge is 0.337 e. The number of aliphatic imine (C=N–C) groups is 1. The van der Waals surface area contributed by atoms with Crippen LogP contribution in [0.5, 0.6) is 0 Å². The number of carboxylic acid groups (broad SMARTS) is 1. The first-order valence-electron chi connectivity index (χ1n) is 4.55. The maximum atomic E-state index is 10.8. The van der Waals surface area contributed by atoms with Crippen molar-refractivity contribution < 1.29 is 19.7 Å². The van der Waals surface area contributed by atoms with Gasteiger partial charge in [-0.15, -0.1) is 0 Å². The molecule has 6 heteroatoms.